The molecule has 0 aromatic carbocycles. The Kier molecular flexibility index (Phi) is 5.63. The zero-order valence-electron chi connectivity index (χ0n) is 14.2. The van der Waals surface area contributed by atoms with Crippen LogP contribution in [0.1, 0.15) is 58.4 Å². The van der Waals surface area contributed by atoms with Crippen molar-refractivity contribution < 1.29 is 0 Å². The van der Waals surface area contributed by atoms with Crippen molar-refractivity contribution in [1.82, 2.24) is 10.3 Å². The number of pyridine rings is 1. The highest BCUT2D eigenvalue weighted by Gasteiger charge is 2.29. The van der Waals surface area contributed by atoms with E-state index in [0.29, 0.717) is 11.5 Å². The van der Waals surface area contributed by atoms with Gasteiger partial charge in [-0.05, 0) is 55.7 Å². The van der Waals surface area contributed by atoms with Gasteiger partial charge in [0.1, 0.15) is 5.82 Å². The maximum Gasteiger partial charge on any atom is 0.128 e. The molecule has 1 heterocycles. The lowest BCUT2D eigenvalue weighted by molar-refractivity contribution is 0.222. The molecule has 1 aromatic heterocycles. The number of rotatable bonds is 6. The number of hydrogen-bond donors (Lipinski definition) is 1. The first-order valence-corrected chi connectivity index (χ1v) is 8.40. The molecule has 0 bridgehead atoms. The average molecular weight is 289 g/mol. The Labute approximate surface area is 130 Å². The van der Waals surface area contributed by atoms with Crippen LogP contribution in [-0.4, -0.2) is 24.6 Å². The van der Waals surface area contributed by atoms with Gasteiger partial charge in [-0.15, -0.1) is 0 Å². The zero-order chi connectivity index (χ0) is 15.3. The van der Waals surface area contributed by atoms with Gasteiger partial charge in [-0.2, -0.15) is 0 Å². The normalized spacial score (nSPS) is 18.7. The Morgan fingerprint density at radius 3 is 2.57 bits per heavy atom. The molecule has 0 saturated heterocycles. The van der Waals surface area contributed by atoms with Crippen LogP contribution in [0.3, 0.4) is 0 Å². The summed E-state index contributed by atoms with van der Waals surface area (Å²) in [6.07, 6.45) is 8.39. The third kappa shape index (κ3) is 4.70. The quantitative estimate of drug-likeness (QED) is 0.803. The zero-order valence-corrected chi connectivity index (χ0v) is 14.2. The van der Waals surface area contributed by atoms with Crippen LogP contribution in [0.2, 0.25) is 0 Å². The van der Waals surface area contributed by atoms with E-state index >= 15 is 0 Å². The number of nitrogens with one attached hydrogen (secondary N) is 1. The van der Waals surface area contributed by atoms with Crippen LogP contribution in [0.4, 0.5) is 5.82 Å². The van der Waals surface area contributed by atoms with E-state index in [9.17, 15) is 0 Å². The van der Waals surface area contributed by atoms with Crippen molar-refractivity contribution in [2.45, 2.75) is 65.5 Å². The van der Waals surface area contributed by atoms with Crippen molar-refractivity contribution in [3.05, 3.63) is 23.9 Å². The highest BCUT2D eigenvalue weighted by molar-refractivity contribution is 5.39. The second-order valence-electron chi connectivity index (χ2n) is 7.21. The van der Waals surface area contributed by atoms with Crippen LogP contribution in [0.25, 0.3) is 0 Å². The molecule has 1 N–H and O–H groups in total. The van der Waals surface area contributed by atoms with Gasteiger partial charge in [-0.3, -0.25) is 0 Å². The number of anilines is 1. The van der Waals surface area contributed by atoms with Gasteiger partial charge in [0.25, 0.3) is 0 Å². The predicted octanol–water partition coefficient (Wildman–Crippen LogP) is 3.99. The van der Waals surface area contributed by atoms with E-state index in [-0.39, 0.29) is 0 Å². The molecule has 1 aliphatic rings. The fraction of sp³-hybridized carbons (Fsp3) is 0.722. The van der Waals surface area contributed by atoms with Gasteiger partial charge >= 0.3 is 0 Å². The number of aromatic nitrogens is 1. The molecule has 0 amide bonds. The Morgan fingerprint density at radius 1 is 1.29 bits per heavy atom. The first-order chi connectivity index (χ1) is 10.0. The van der Waals surface area contributed by atoms with E-state index < -0.39 is 0 Å². The molecule has 3 heteroatoms. The molecule has 0 atom stereocenters. The summed E-state index contributed by atoms with van der Waals surface area (Å²) in [4.78, 5) is 7.03. The summed E-state index contributed by atoms with van der Waals surface area (Å²) in [5.74, 6) is 1.11. The third-order valence-corrected chi connectivity index (χ3v) is 4.78. The summed E-state index contributed by atoms with van der Waals surface area (Å²) in [6, 6.07) is 5.02. The summed E-state index contributed by atoms with van der Waals surface area (Å²) in [7, 11) is 2.19. The summed E-state index contributed by atoms with van der Waals surface area (Å²) in [5.41, 5.74) is 1.80. The van der Waals surface area contributed by atoms with Gasteiger partial charge in [0.05, 0.1) is 0 Å². The summed E-state index contributed by atoms with van der Waals surface area (Å²) in [5, 5.41) is 3.42. The highest BCUT2D eigenvalue weighted by Crippen LogP contribution is 2.37. The third-order valence-electron chi connectivity index (χ3n) is 4.78. The molecule has 0 radical (unpaired) electrons. The first-order valence-electron chi connectivity index (χ1n) is 8.40. The van der Waals surface area contributed by atoms with Crippen LogP contribution in [0.5, 0.6) is 0 Å². The van der Waals surface area contributed by atoms with E-state index in [0.717, 1.165) is 18.9 Å². The summed E-state index contributed by atoms with van der Waals surface area (Å²) >= 11 is 0. The minimum Gasteiger partial charge on any atom is -0.357 e. The molecule has 21 heavy (non-hydrogen) atoms. The van der Waals surface area contributed by atoms with Gasteiger partial charge in [-0.25, -0.2) is 4.98 Å². The Hall–Kier alpha value is -1.09. The molecule has 0 aliphatic heterocycles. The minimum absolute atomic E-state index is 0.527. The van der Waals surface area contributed by atoms with Crippen LogP contribution >= 0.6 is 0 Å². The van der Waals surface area contributed by atoms with Crippen molar-refractivity contribution >= 4 is 5.82 Å². The van der Waals surface area contributed by atoms with Crippen LogP contribution in [0, 0.1) is 5.41 Å². The van der Waals surface area contributed by atoms with Gasteiger partial charge in [0, 0.05) is 25.8 Å². The number of nitrogens with zero attached hydrogens (tertiary/aromatic N) is 2. The molecule has 118 valence electrons. The molecule has 2 rings (SSSR count). The largest absolute Gasteiger partial charge is 0.357 e. The van der Waals surface area contributed by atoms with Crippen molar-refractivity contribution in [3.8, 4) is 0 Å². The average Bonchev–Trinajstić information content (AvgIpc) is 2.48. The second kappa shape index (κ2) is 7.26. The molecule has 3 nitrogen and oxygen atoms in total. The lowest BCUT2D eigenvalue weighted by Gasteiger charge is -2.39. The van der Waals surface area contributed by atoms with E-state index in [4.69, 9.17) is 0 Å². The van der Waals surface area contributed by atoms with Gasteiger partial charge in [-0.1, -0.05) is 26.8 Å². The van der Waals surface area contributed by atoms with E-state index in [1.54, 1.807) is 0 Å². The molecule has 0 unspecified atom stereocenters. The monoisotopic (exact) mass is 289 g/mol. The van der Waals surface area contributed by atoms with E-state index in [1.165, 1.54) is 37.7 Å². The maximum absolute atomic E-state index is 4.65. The van der Waals surface area contributed by atoms with Crippen molar-refractivity contribution in [3.63, 3.8) is 0 Å². The van der Waals surface area contributed by atoms with E-state index in [2.05, 4.69) is 55.2 Å². The highest BCUT2D eigenvalue weighted by atomic mass is 15.2. The fourth-order valence-electron chi connectivity index (χ4n) is 3.10. The summed E-state index contributed by atoms with van der Waals surface area (Å²) in [6.45, 7) is 8.95. The second-order valence-corrected chi connectivity index (χ2v) is 7.21. The maximum atomic E-state index is 4.65. The van der Waals surface area contributed by atoms with Crippen molar-refractivity contribution in [2.24, 2.45) is 5.41 Å². The molecule has 0 spiro atoms. The molecule has 1 saturated carbocycles. The van der Waals surface area contributed by atoms with Crippen LogP contribution < -0.4 is 10.2 Å². The molecule has 1 aromatic rings. The van der Waals surface area contributed by atoms with Gasteiger partial charge in [0.2, 0.25) is 0 Å². The Balaban J connectivity index is 1.89. The van der Waals surface area contributed by atoms with Crippen molar-refractivity contribution in [2.75, 3.05) is 18.5 Å². The lowest BCUT2D eigenvalue weighted by Crippen LogP contribution is -2.37. The minimum atomic E-state index is 0.527. The Morgan fingerprint density at radius 2 is 2.00 bits per heavy atom. The molecular formula is C18H31N3. The van der Waals surface area contributed by atoms with Gasteiger partial charge in [0.15, 0.2) is 0 Å². The van der Waals surface area contributed by atoms with Crippen molar-refractivity contribution in [1.29, 1.82) is 0 Å². The van der Waals surface area contributed by atoms with Crippen LogP contribution in [0.15, 0.2) is 18.3 Å². The molecule has 1 aliphatic carbocycles. The number of hydrogen-bond acceptors (Lipinski definition) is 3. The smallest absolute Gasteiger partial charge is 0.128 e. The fourth-order valence-corrected chi connectivity index (χ4v) is 3.10. The van der Waals surface area contributed by atoms with Crippen LogP contribution in [-0.2, 0) is 6.54 Å². The molecular weight excluding hydrogens is 258 g/mol. The standard InChI is InChI=1S/C18H31N3/c1-5-12-19-13-15-6-7-17(20-14-15)21(4)16-8-10-18(2,3)11-9-16/h6-7,14,16,19H,5,8-13H2,1-4H3. The first kappa shape index (κ1) is 16.3. The lowest BCUT2D eigenvalue weighted by atomic mass is 9.75. The van der Waals surface area contributed by atoms with Gasteiger partial charge < -0.3 is 10.2 Å². The topological polar surface area (TPSA) is 28.2 Å². The van der Waals surface area contributed by atoms with E-state index in [1.807, 2.05) is 6.20 Å². The SMILES string of the molecule is CCCNCc1ccc(N(C)C2CCC(C)(C)CC2)nc1. The summed E-state index contributed by atoms with van der Waals surface area (Å²) < 4.78 is 0. The molecule has 1 fully saturated rings. The Bertz CT molecular complexity index is 415. The predicted molar refractivity (Wildman–Crippen MR) is 90.7 cm³/mol.